The minimum absolute atomic E-state index is 0.0135. The Labute approximate surface area is 146 Å². The quantitative estimate of drug-likeness (QED) is 0.620. The van der Waals surface area contributed by atoms with E-state index in [4.69, 9.17) is 15.2 Å². The fourth-order valence-electron chi connectivity index (χ4n) is 2.90. The topological polar surface area (TPSA) is 145 Å². The average molecular weight is 370 g/mol. The Balaban J connectivity index is 1.90. The zero-order chi connectivity index (χ0) is 18.3. The minimum Gasteiger partial charge on any atom is -0.460 e. The Bertz CT molecular complexity index is 800. The number of carbonyl (C=O) groups excluding carboxylic acids is 2. The highest BCUT2D eigenvalue weighted by atomic mass is 32.1. The van der Waals surface area contributed by atoms with Crippen LogP contribution >= 0.6 is 11.3 Å². The van der Waals surface area contributed by atoms with Crippen LogP contribution in [0.4, 0.5) is 5.82 Å². The summed E-state index contributed by atoms with van der Waals surface area (Å²) >= 11 is 0.757. The van der Waals surface area contributed by atoms with E-state index in [0.717, 1.165) is 15.9 Å². The first kappa shape index (κ1) is 17.6. The van der Waals surface area contributed by atoms with Gasteiger partial charge in [-0.05, 0) is 6.42 Å². The Morgan fingerprint density at radius 2 is 2.32 bits per heavy atom. The van der Waals surface area contributed by atoms with Crippen LogP contribution in [0.2, 0.25) is 0 Å². The molecule has 4 atom stereocenters. The van der Waals surface area contributed by atoms with Crippen LogP contribution in [0.15, 0.2) is 9.79 Å². The number of hydrogen-bond donors (Lipinski definition) is 3. The van der Waals surface area contributed by atoms with Crippen molar-refractivity contribution in [2.75, 3.05) is 5.32 Å². The average Bonchev–Trinajstić information content (AvgIpc) is 3.04. The van der Waals surface area contributed by atoms with Gasteiger partial charge in [-0.15, -0.1) is 0 Å². The van der Waals surface area contributed by atoms with Crippen molar-refractivity contribution >= 4 is 34.9 Å². The van der Waals surface area contributed by atoms with Gasteiger partial charge >= 0.3 is 10.8 Å². The third-order valence-corrected chi connectivity index (χ3v) is 4.96. The number of aliphatic hydroxyl groups is 1. The molecule has 1 saturated heterocycles. The Morgan fingerprint density at radius 1 is 1.60 bits per heavy atom. The Kier molecular flexibility index (Phi) is 4.62. The van der Waals surface area contributed by atoms with E-state index in [-0.39, 0.29) is 28.9 Å². The summed E-state index contributed by atoms with van der Waals surface area (Å²) in [5, 5.41) is 12.6. The van der Waals surface area contributed by atoms with E-state index in [1.807, 2.05) is 6.92 Å². The summed E-state index contributed by atoms with van der Waals surface area (Å²) in [5.74, 6) is -0.671. The highest BCUT2D eigenvalue weighted by molar-refractivity contribution is 7.09. The van der Waals surface area contributed by atoms with Gasteiger partial charge in [0.2, 0.25) is 0 Å². The molecular weight excluding hydrogens is 352 g/mol. The predicted octanol–water partition coefficient (Wildman–Crippen LogP) is -0.161. The molecule has 1 fully saturated rings. The first-order valence-electron chi connectivity index (χ1n) is 7.70. The SMILES string of the molecule is CCC(OC(C)=O)[C@@H]1CC(=O)C(n2c3c(sc2=O)C(O)N=C(N)N3)O1. The molecule has 0 aliphatic carbocycles. The van der Waals surface area contributed by atoms with Crippen LogP contribution in [0.25, 0.3) is 0 Å². The molecule has 3 heterocycles. The maximum atomic E-state index is 12.4. The number of hydrogen-bond acceptors (Lipinski definition) is 10. The number of carbonyl (C=O) groups is 2. The van der Waals surface area contributed by atoms with Gasteiger partial charge < -0.3 is 25.6 Å². The Hall–Kier alpha value is -2.24. The van der Waals surface area contributed by atoms with Crippen molar-refractivity contribution in [1.82, 2.24) is 4.57 Å². The number of aliphatic hydroxyl groups excluding tert-OH is 1. The summed E-state index contributed by atoms with van der Waals surface area (Å²) in [7, 11) is 0. The van der Waals surface area contributed by atoms with E-state index in [2.05, 4.69) is 10.3 Å². The molecule has 11 heteroatoms. The molecule has 0 spiro atoms. The maximum Gasteiger partial charge on any atom is 0.311 e. The second-order valence-electron chi connectivity index (χ2n) is 5.72. The molecule has 10 nitrogen and oxygen atoms in total. The number of nitrogens with two attached hydrogens (primary N) is 1. The van der Waals surface area contributed by atoms with Crippen LogP contribution < -0.4 is 15.9 Å². The number of nitrogens with zero attached hydrogens (tertiary/aromatic N) is 2. The number of nitrogens with one attached hydrogen (secondary N) is 1. The summed E-state index contributed by atoms with van der Waals surface area (Å²) in [6.45, 7) is 3.09. The Morgan fingerprint density at radius 3 is 2.96 bits per heavy atom. The summed E-state index contributed by atoms with van der Waals surface area (Å²) in [4.78, 5) is 39.4. The van der Waals surface area contributed by atoms with Gasteiger partial charge in [-0.3, -0.25) is 19.0 Å². The highest BCUT2D eigenvalue weighted by Gasteiger charge is 2.42. The van der Waals surface area contributed by atoms with E-state index in [1.165, 1.54) is 6.92 Å². The van der Waals surface area contributed by atoms with E-state index >= 15 is 0 Å². The van der Waals surface area contributed by atoms with E-state index < -0.39 is 35.5 Å². The molecule has 25 heavy (non-hydrogen) atoms. The van der Waals surface area contributed by atoms with Gasteiger partial charge in [-0.2, -0.15) is 0 Å². The van der Waals surface area contributed by atoms with Crippen molar-refractivity contribution < 1.29 is 24.2 Å². The summed E-state index contributed by atoms with van der Waals surface area (Å²) in [6, 6.07) is 0. The summed E-state index contributed by atoms with van der Waals surface area (Å²) in [6.07, 6.45) is -3.19. The normalized spacial score (nSPS) is 26.6. The zero-order valence-corrected chi connectivity index (χ0v) is 14.4. The number of rotatable bonds is 4. The van der Waals surface area contributed by atoms with Crippen LogP contribution in [-0.4, -0.2) is 39.6 Å². The van der Waals surface area contributed by atoms with Crippen molar-refractivity contribution in [1.29, 1.82) is 0 Å². The second-order valence-corrected chi connectivity index (χ2v) is 6.71. The molecule has 1 aromatic rings. The molecule has 0 bridgehead atoms. The van der Waals surface area contributed by atoms with Crippen molar-refractivity contribution in [2.45, 2.75) is 51.4 Å². The van der Waals surface area contributed by atoms with Gasteiger partial charge in [0.05, 0.1) is 0 Å². The summed E-state index contributed by atoms with van der Waals surface area (Å²) in [5.41, 5.74) is 5.59. The molecule has 136 valence electrons. The van der Waals surface area contributed by atoms with Crippen LogP contribution in [0, 0.1) is 0 Å². The highest BCUT2D eigenvalue weighted by Crippen LogP contribution is 2.36. The fraction of sp³-hybridized carbons (Fsp3) is 0.571. The standard InChI is InChI=1S/C14H18N4O6S/c1-3-7(23-5(2)19)8-4-6(20)12(24-8)18-10-9(25-14(18)22)11(21)17-13(15)16-10/h7-8,11-12,21H,3-4H2,1-2H3,(H3,15,16,17)/t7?,8-,11?,12?/m0/s1. The first-order chi connectivity index (χ1) is 11.8. The van der Waals surface area contributed by atoms with Crippen LogP contribution in [0.5, 0.6) is 0 Å². The number of esters is 1. The molecule has 0 saturated carbocycles. The van der Waals surface area contributed by atoms with Crippen molar-refractivity contribution in [3.05, 3.63) is 14.5 Å². The lowest BCUT2D eigenvalue weighted by atomic mass is 10.1. The molecule has 0 aromatic carbocycles. The first-order valence-corrected chi connectivity index (χ1v) is 8.52. The smallest absolute Gasteiger partial charge is 0.311 e. The van der Waals surface area contributed by atoms with Gasteiger partial charge in [-0.25, -0.2) is 4.99 Å². The molecule has 2 aliphatic heterocycles. The van der Waals surface area contributed by atoms with E-state index in [1.54, 1.807) is 0 Å². The third-order valence-electron chi connectivity index (χ3n) is 3.96. The molecule has 3 unspecified atom stereocenters. The molecule has 2 aliphatic rings. The molecule has 4 N–H and O–H groups in total. The van der Waals surface area contributed by atoms with Crippen LogP contribution in [0.3, 0.4) is 0 Å². The minimum atomic E-state index is -1.27. The van der Waals surface area contributed by atoms with Crippen molar-refractivity contribution in [3.8, 4) is 0 Å². The zero-order valence-electron chi connectivity index (χ0n) is 13.6. The van der Waals surface area contributed by atoms with E-state index in [0.29, 0.717) is 6.42 Å². The number of ether oxygens (including phenoxy) is 2. The molecule has 0 radical (unpaired) electrons. The van der Waals surface area contributed by atoms with Gasteiger partial charge in [0.1, 0.15) is 22.9 Å². The van der Waals surface area contributed by atoms with Gasteiger partial charge in [0.15, 0.2) is 24.2 Å². The number of Topliss-reactive ketones (excluding diaryl/α,β-unsaturated/α-hetero) is 1. The number of thiazole rings is 1. The van der Waals surface area contributed by atoms with Gasteiger partial charge in [0, 0.05) is 13.3 Å². The molecule has 0 amide bonds. The van der Waals surface area contributed by atoms with Crippen molar-refractivity contribution in [3.63, 3.8) is 0 Å². The number of guanidine groups is 1. The second kappa shape index (κ2) is 6.58. The number of fused-ring (bicyclic) bond motifs is 1. The number of ketones is 1. The van der Waals surface area contributed by atoms with Crippen LogP contribution in [-0.2, 0) is 19.1 Å². The van der Waals surface area contributed by atoms with Gasteiger partial charge in [0.25, 0.3) is 0 Å². The lowest BCUT2D eigenvalue weighted by molar-refractivity contribution is -0.156. The fourth-order valence-corrected chi connectivity index (χ4v) is 3.78. The number of anilines is 1. The molecule has 3 rings (SSSR count). The number of aliphatic imine (C=N–C) groups is 1. The largest absolute Gasteiger partial charge is 0.460 e. The number of aromatic nitrogens is 1. The van der Waals surface area contributed by atoms with Crippen LogP contribution in [0.1, 0.15) is 44.0 Å². The molecule has 1 aromatic heterocycles. The van der Waals surface area contributed by atoms with Gasteiger partial charge in [-0.1, -0.05) is 18.3 Å². The van der Waals surface area contributed by atoms with E-state index in [9.17, 15) is 19.5 Å². The lowest BCUT2D eigenvalue weighted by Gasteiger charge is -2.23. The monoisotopic (exact) mass is 370 g/mol. The third kappa shape index (κ3) is 3.17. The lowest BCUT2D eigenvalue weighted by Crippen LogP contribution is -2.33. The predicted molar refractivity (Wildman–Crippen MR) is 88.2 cm³/mol. The summed E-state index contributed by atoms with van der Waals surface area (Å²) < 4.78 is 12.0. The maximum absolute atomic E-state index is 12.4. The van der Waals surface area contributed by atoms with Crippen molar-refractivity contribution in [2.24, 2.45) is 10.7 Å². The molecular formula is C14H18N4O6S.